The summed E-state index contributed by atoms with van der Waals surface area (Å²) in [7, 11) is 2.99. The maximum absolute atomic E-state index is 12.6. The molecule has 7 nitrogen and oxygen atoms in total. The SMILES string of the molecule is CCOC(=O)c1sc(NC(=O)c2cccc(OC)c2)c(C(=O)NC)c1C. The molecule has 0 aliphatic carbocycles. The van der Waals surface area contributed by atoms with Gasteiger partial charge in [-0.15, -0.1) is 11.3 Å². The molecule has 2 N–H and O–H groups in total. The Morgan fingerprint density at radius 3 is 2.54 bits per heavy atom. The number of rotatable bonds is 6. The van der Waals surface area contributed by atoms with Crippen LogP contribution in [0.2, 0.25) is 0 Å². The molecule has 2 amide bonds. The maximum atomic E-state index is 12.6. The average Bonchev–Trinajstić information content (AvgIpc) is 2.97. The first-order valence-corrected chi connectivity index (χ1v) is 8.72. The number of carbonyl (C=O) groups is 3. The molecule has 0 radical (unpaired) electrons. The fourth-order valence-electron chi connectivity index (χ4n) is 2.33. The van der Waals surface area contributed by atoms with Gasteiger partial charge < -0.3 is 20.1 Å². The second-order valence-electron chi connectivity index (χ2n) is 5.25. The Hall–Kier alpha value is -2.87. The van der Waals surface area contributed by atoms with E-state index >= 15 is 0 Å². The van der Waals surface area contributed by atoms with E-state index in [1.165, 1.54) is 14.2 Å². The largest absolute Gasteiger partial charge is 0.497 e. The third kappa shape index (κ3) is 4.02. The minimum atomic E-state index is -0.526. The van der Waals surface area contributed by atoms with Gasteiger partial charge in [0.05, 0.1) is 19.3 Å². The van der Waals surface area contributed by atoms with E-state index in [2.05, 4.69) is 10.6 Å². The number of benzene rings is 1. The van der Waals surface area contributed by atoms with Crippen molar-refractivity contribution in [3.05, 3.63) is 45.8 Å². The van der Waals surface area contributed by atoms with Crippen molar-refractivity contribution in [2.45, 2.75) is 13.8 Å². The molecule has 0 saturated carbocycles. The van der Waals surface area contributed by atoms with E-state index in [0.717, 1.165) is 11.3 Å². The second-order valence-corrected chi connectivity index (χ2v) is 6.27. The topological polar surface area (TPSA) is 93.7 Å². The number of esters is 1. The summed E-state index contributed by atoms with van der Waals surface area (Å²) in [4.78, 5) is 37.2. The van der Waals surface area contributed by atoms with Gasteiger partial charge in [-0.2, -0.15) is 0 Å². The summed E-state index contributed by atoms with van der Waals surface area (Å²) < 4.78 is 10.1. The number of amides is 2. The molecule has 0 aliphatic rings. The molecule has 0 fully saturated rings. The first-order valence-electron chi connectivity index (χ1n) is 7.90. The van der Waals surface area contributed by atoms with Gasteiger partial charge in [0.2, 0.25) is 0 Å². The molecular weight excluding hydrogens is 356 g/mol. The highest BCUT2D eigenvalue weighted by molar-refractivity contribution is 7.18. The van der Waals surface area contributed by atoms with Crippen LogP contribution in [0.4, 0.5) is 5.00 Å². The van der Waals surface area contributed by atoms with Crippen molar-refractivity contribution in [1.82, 2.24) is 5.32 Å². The van der Waals surface area contributed by atoms with Crippen molar-refractivity contribution < 1.29 is 23.9 Å². The number of carbonyl (C=O) groups excluding carboxylic acids is 3. The zero-order chi connectivity index (χ0) is 19.3. The second kappa shape index (κ2) is 8.48. The van der Waals surface area contributed by atoms with Crippen molar-refractivity contribution in [1.29, 1.82) is 0 Å². The van der Waals surface area contributed by atoms with E-state index in [1.807, 2.05) is 0 Å². The quantitative estimate of drug-likeness (QED) is 0.756. The maximum Gasteiger partial charge on any atom is 0.348 e. The molecule has 2 aromatic rings. The summed E-state index contributed by atoms with van der Waals surface area (Å²) in [5.41, 5.74) is 1.08. The first kappa shape index (κ1) is 19.5. The molecule has 8 heteroatoms. The number of anilines is 1. The van der Waals surface area contributed by atoms with Crippen LogP contribution < -0.4 is 15.4 Å². The van der Waals surface area contributed by atoms with E-state index in [1.54, 1.807) is 38.1 Å². The Balaban J connectivity index is 2.40. The Kier molecular flexibility index (Phi) is 6.35. The van der Waals surface area contributed by atoms with Crippen LogP contribution in [0.3, 0.4) is 0 Å². The number of thiophene rings is 1. The Labute approximate surface area is 155 Å². The van der Waals surface area contributed by atoms with E-state index in [4.69, 9.17) is 9.47 Å². The lowest BCUT2D eigenvalue weighted by molar-refractivity contribution is 0.0531. The number of hydrogen-bond donors (Lipinski definition) is 2. The molecule has 0 spiro atoms. The molecule has 1 aromatic carbocycles. The van der Waals surface area contributed by atoms with Crippen molar-refractivity contribution in [2.75, 3.05) is 26.1 Å². The van der Waals surface area contributed by atoms with Crippen molar-refractivity contribution >= 4 is 34.1 Å². The molecule has 0 atom stereocenters. The number of nitrogens with one attached hydrogen (secondary N) is 2. The summed E-state index contributed by atoms with van der Waals surface area (Å²) in [5, 5.41) is 5.52. The molecule has 0 unspecified atom stereocenters. The van der Waals surface area contributed by atoms with E-state index in [-0.39, 0.29) is 22.0 Å². The van der Waals surface area contributed by atoms with E-state index in [9.17, 15) is 14.4 Å². The van der Waals surface area contributed by atoms with Gasteiger partial charge in [0, 0.05) is 12.6 Å². The highest BCUT2D eigenvalue weighted by Gasteiger charge is 2.26. The summed E-state index contributed by atoms with van der Waals surface area (Å²) >= 11 is 1.01. The van der Waals surface area contributed by atoms with Gasteiger partial charge in [-0.05, 0) is 37.6 Å². The van der Waals surface area contributed by atoms with E-state index in [0.29, 0.717) is 16.9 Å². The Morgan fingerprint density at radius 2 is 1.92 bits per heavy atom. The van der Waals surface area contributed by atoms with Gasteiger partial charge in [0.15, 0.2) is 0 Å². The number of methoxy groups -OCH3 is 1. The van der Waals surface area contributed by atoms with Crippen molar-refractivity contribution in [3.8, 4) is 5.75 Å². The van der Waals surface area contributed by atoms with Crippen LogP contribution in [0.25, 0.3) is 0 Å². The van der Waals surface area contributed by atoms with Gasteiger partial charge in [-0.3, -0.25) is 9.59 Å². The van der Waals surface area contributed by atoms with Crippen LogP contribution in [0.1, 0.15) is 42.9 Å². The summed E-state index contributed by atoms with van der Waals surface area (Å²) in [6.45, 7) is 3.57. The van der Waals surface area contributed by atoms with Crippen molar-refractivity contribution in [2.24, 2.45) is 0 Å². The van der Waals surface area contributed by atoms with Gasteiger partial charge >= 0.3 is 5.97 Å². The smallest absolute Gasteiger partial charge is 0.348 e. The highest BCUT2D eigenvalue weighted by Crippen LogP contribution is 2.34. The molecule has 138 valence electrons. The van der Waals surface area contributed by atoms with Gasteiger partial charge in [-0.25, -0.2) is 4.79 Å². The summed E-state index contributed by atoms with van der Waals surface area (Å²) in [5.74, 6) is -0.790. The zero-order valence-corrected chi connectivity index (χ0v) is 15.8. The van der Waals surface area contributed by atoms with Crippen LogP contribution in [0, 0.1) is 6.92 Å². The summed E-state index contributed by atoms with van der Waals surface area (Å²) in [6.07, 6.45) is 0. The predicted molar refractivity (Wildman–Crippen MR) is 99.3 cm³/mol. The lowest BCUT2D eigenvalue weighted by Crippen LogP contribution is -2.21. The van der Waals surface area contributed by atoms with E-state index < -0.39 is 17.8 Å². The molecular formula is C18H20N2O5S. The number of hydrogen-bond acceptors (Lipinski definition) is 6. The van der Waals surface area contributed by atoms with Crippen LogP contribution in [0.5, 0.6) is 5.75 Å². The van der Waals surface area contributed by atoms with Crippen LogP contribution in [-0.2, 0) is 4.74 Å². The average molecular weight is 376 g/mol. The Bertz CT molecular complexity index is 844. The summed E-state index contributed by atoms with van der Waals surface area (Å²) in [6, 6.07) is 6.63. The lowest BCUT2D eigenvalue weighted by Gasteiger charge is -2.07. The fraction of sp³-hybridized carbons (Fsp3) is 0.278. The minimum absolute atomic E-state index is 0.219. The van der Waals surface area contributed by atoms with Crippen LogP contribution >= 0.6 is 11.3 Å². The van der Waals surface area contributed by atoms with Gasteiger partial charge in [-0.1, -0.05) is 6.07 Å². The van der Waals surface area contributed by atoms with Crippen molar-refractivity contribution in [3.63, 3.8) is 0 Å². The lowest BCUT2D eigenvalue weighted by atomic mass is 10.1. The zero-order valence-electron chi connectivity index (χ0n) is 15.0. The van der Waals surface area contributed by atoms with Crippen LogP contribution in [-0.4, -0.2) is 38.5 Å². The van der Waals surface area contributed by atoms with Gasteiger partial charge in [0.1, 0.15) is 15.6 Å². The fourth-order valence-corrected chi connectivity index (χ4v) is 3.42. The molecule has 0 saturated heterocycles. The first-order chi connectivity index (χ1) is 12.4. The number of ether oxygens (including phenoxy) is 2. The molecule has 2 rings (SSSR count). The Morgan fingerprint density at radius 1 is 1.19 bits per heavy atom. The molecule has 1 heterocycles. The highest BCUT2D eigenvalue weighted by atomic mass is 32.1. The third-order valence-corrected chi connectivity index (χ3v) is 4.81. The predicted octanol–water partition coefficient (Wildman–Crippen LogP) is 2.85. The third-order valence-electron chi connectivity index (χ3n) is 3.62. The standard InChI is InChI=1S/C18H20N2O5S/c1-5-25-18(23)14-10(2)13(16(22)19-3)17(26-14)20-15(21)11-7-6-8-12(9-11)24-4/h6-9H,5H2,1-4H3,(H,19,22)(H,20,21). The monoisotopic (exact) mass is 376 g/mol. The normalized spacial score (nSPS) is 10.2. The minimum Gasteiger partial charge on any atom is -0.497 e. The van der Waals surface area contributed by atoms with Crippen LogP contribution in [0.15, 0.2) is 24.3 Å². The molecule has 0 bridgehead atoms. The molecule has 26 heavy (non-hydrogen) atoms. The molecule has 1 aromatic heterocycles. The molecule has 0 aliphatic heterocycles. The van der Waals surface area contributed by atoms with Gasteiger partial charge in [0.25, 0.3) is 11.8 Å².